The van der Waals surface area contributed by atoms with Gasteiger partial charge in [0, 0.05) is 25.2 Å². The highest BCUT2D eigenvalue weighted by molar-refractivity contribution is 6.27. The minimum absolute atomic E-state index is 0.00908. The molecule has 0 amide bonds. The van der Waals surface area contributed by atoms with Crippen LogP contribution in [0.4, 0.5) is 5.69 Å². The summed E-state index contributed by atoms with van der Waals surface area (Å²) in [6.07, 6.45) is 0. The number of nitrogens with one attached hydrogen (secondary N) is 2. The topological polar surface area (TPSA) is 79.5 Å². The number of rotatable bonds is 5. The van der Waals surface area contributed by atoms with Crippen LogP contribution >= 0.6 is 0 Å². The molecule has 144 valence electrons. The molecule has 3 aromatic rings. The number of ketones is 1. The molecule has 0 bridgehead atoms. The number of methoxy groups -OCH3 is 2. The molecule has 1 atom stereocenters. The smallest absolute Gasteiger partial charge is 0.192 e. The number of imidazole rings is 1. The van der Waals surface area contributed by atoms with Gasteiger partial charge in [-0.05, 0) is 19.1 Å². The summed E-state index contributed by atoms with van der Waals surface area (Å²) < 4.78 is 10.8. The van der Waals surface area contributed by atoms with Gasteiger partial charge in [-0.25, -0.2) is 4.98 Å². The number of benzene rings is 2. The Morgan fingerprint density at radius 1 is 1.11 bits per heavy atom. The molecule has 0 unspecified atom stereocenters. The summed E-state index contributed by atoms with van der Waals surface area (Å²) >= 11 is 0. The molecule has 7 heteroatoms. The molecule has 7 nitrogen and oxygen atoms in total. The third-order valence-electron chi connectivity index (χ3n) is 4.97. The first kappa shape index (κ1) is 17.9. The highest BCUT2D eigenvalue weighted by atomic mass is 16.5. The standard InChI is InChI=1S/C21H22N4O3/c1-12-19(26)18(20-23-16-7-5-6-8-17(16)24-20)21(22-2)25(12)13-9-14(27-3)11-15(10-13)28-4/h5-12,22H,1-4H3,(H,23,24)/t12-/m0/s1. The lowest BCUT2D eigenvalue weighted by atomic mass is 10.1. The largest absolute Gasteiger partial charge is 0.497 e. The van der Waals surface area contributed by atoms with Gasteiger partial charge in [0.2, 0.25) is 0 Å². The Labute approximate surface area is 163 Å². The number of aromatic amines is 1. The lowest BCUT2D eigenvalue weighted by Crippen LogP contribution is -2.35. The van der Waals surface area contributed by atoms with E-state index in [1.54, 1.807) is 27.3 Å². The summed E-state index contributed by atoms with van der Waals surface area (Å²) in [5.41, 5.74) is 3.05. The van der Waals surface area contributed by atoms with Crippen molar-refractivity contribution in [2.24, 2.45) is 0 Å². The Bertz CT molecular complexity index is 1030. The van der Waals surface area contributed by atoms with E-state index in [0.29, 0.717) is 28.7 Å². The van der Waals surface area contributed by atoms with E-state index in [1.165, 1.54) is 0 Å². The van der Waals surface area contributed by atoms with Gasteiger partial charge in [0.1, 0.15) is 28.7 Å². The number of anilines is 1. The van der Waals surface area contributed by atoms with Gasteiger partial charge < -0.3 is 24.7 Å². The van der Waals surface area contributed by atoms with E-state index in [9.17, 15) is 4.79 Å². The number of fused-ring (bicyclic) bond motifs is 1. The van der Waals surface area contributed by atoms with Crippen LogP contribution in [0, 0.1) is 0 Å². The molecular weight excluding hydrogens is 356 g/mol. The number of hydrogen-bond acceptors (Lipinski definition) is 6. The minimum Gasteiger partial charge on any atom is -0.497 e. The van der Waals surface area contributed by atoms with Gasteiger partial charge in [0.05, 0.1) is 37.0 Å². The first-order valence-corrected chi connectivity index (χ1v) is 9.01. The maximum atomic E-state index is 13.2. The van der Waals surface area contributed by atoms with Crippen LogP contribution in [-0.4, -0.2) is 43.1 Å². The first-order valence-electron chi connectivity index (χ1n) is 9.01. The Morgan fingerprint density at radius 2 is 1.79 bits per heavy atom. The summed E-state index contributed by atoms with van der Waals surface area (Å²) in [4.78, 5) is 23.0. The van der Waals surface area contributed by atoms with Crippen molar-refractivity contribution in [3.63, 3.8) is 0 Å². The zero-order valence-electron chi connectivity index (χ0n) is 16.2. The van der Waals surface area contributed by atoms with Crippen LogP contribution < -0.4 is 19.7 Å². The summed E-state index contributed by atoms with van der Waals surface area (Å²) in [7, 11) is 5.01. The Balaban J connectivity index is 1.88. The maximum Gasteiger partial charge on any atom is 0.192 e. The zero-order chi connectivity index (χ0) is 19.8. The molecule has 0 aliphatic carbocycles. The molecule has 0 radical (unpaired) electrons. The highest BCUT2D eigenvalue weighted by Gasteiger charge is 2.39. The van der Waals surface area contributed by atoms with E-state index >= 15 is 0 Å². The second kappa shape index (κ2) is 6.92. The van der Waals surface area contributed by atoms with Crippen LogP contribution in [-0.2, 0) is 4.79 Å². The van der Waals surface area contributed by atoms with Gasteiger partial charge in [-0.2, -0.15) is 0 Å². The van der Waals surface area contributed by atoms with Crippen LogP contribution in [0.3, 0.4) is 0 Å². The number of hydrogen-bond donors (Lipinski definition) is 2. The number of H-pyrrole nitrogens is 1. The third kappa shape index (κ3) is 2.76. The highest BCUT2D eigenvalue weighted by Crippen LogP contribution is 2.38. The van der Waals surface area contributed by atoms with Crippen molar-refractivity contribution >= 4 is 28.1 Å². The SMILES string of the molecule is CNC1=C(c2nc3ccccc3[nH]2)C(=O)[C@H](C)N1c1cc(OC)cc(OC)c1. The zero-order valence-corrected chi connectivity index (χ0v) is 16.2. The van der Waals surface area contributed by atoms with Gasteiger partial charge in [0.15, 0.2) is 5.78 Å². The van der Waals surface area contributed by atoms with E-state index < -0.39 is 6.04 Å². The number of nitrogens with zero attached hydrogens (tertiary/aromatic N) is 2. The Hall–Kier alpha value is -3.48. The summed E-state index contributed by atoms with van der Waals surface area (Å²) in [6.45, 7) is 1.88. The molecule has 4 rings (SSSR count). The third-order valence-corrected chi connectivity index (χ3v) is 4.97. The van der Waals surface area contributed by atoms with Crippen molar-refractivity contribution in [2.75, 3.05) is 26.2 Å². The van der Waals surface area contributed by atoms with E-state index in [4.69, 9.17) is 9.47 Å². The normalized spacial score (nSPS) is 16.8. The number of ether oxygens (including phenoxy) is 2. The number of carbonyl (C=O) groups is 1. The minimum atomic E-state index is -0.400. The second-order valence-electron chi connectivity index (χ2n) is 6.56. The van der Waals surface area contributed by atoms with Gasteiger partial charge >= 0.3 is 0 Å². The van der Waals surface area contributed by atoms with Crippen molar-refractivity contribution in [3.8, 4) is 11.5 Å². The molecule has 2 N–H and O–H groups in total. The van der Waals surface area contributed by atoms with Crippen LogP contribution in [0.15, 0.2) is 48.3 Å². The maximum absolute atomic E-state index is 13.2. The molecule has 0 spiro atoms. The molecule has 2 aromatic carbocycles. The summed E-state index contributed by atoms with van der Waals surface area (Å²) in [6, 6.07) is 12.9. The predicted octanol–water partition coefficient (Wildman–Crippen LogP) is 2.95. The van der Waals surface area contributed by atoms with Gasteiger partial charge in [0.25, 0.3) is 0 Å². The second-order valence-corrected chi connectivity index (χ2v) is 6.56. The number of carbonyl (C=O) groups excluding carboxylic acids is 1. The molecule has 1 aliphatic heterocycles. The van der Waals surface area contributed by atoms with Crippen LogP contribution in [0.2, 0.25) is 0 Å². The fourth-order valence-electron chi connectivity index (χ4n) is 3.59. The predicted molar refractivity (Wildman–Crippen MR) is 109 cm³/mol. The lowest BCUT2D eigenvalue weighted by Gasteiger charge is -2.27. The van der Waals surface area contributed by atoms with Gasteiger partial charge in [-0.3, -0.25) is 4.79 Å². The van der Waals surface area contributed by atoms with Crippen molar-refractivity contribution in [1.82, 2.24) is 15.3 Å². The van der Waals surface area contributed by atoms with Crippen LogP contribution in [0.1, 0.15) is 12.7 Å². The molecule has 1 aromatic heterocycles. The first-order chi connectivity index (χ1) is 13.6. The lowest BCUT2D eigenvalue weighted by molar-refractivity contribution is -0.114. The molecule has 0 saturated heterocycles. The number of aromatic nitrogens is 2. The monoisotopic (exact) mass is 378 g/mol. The molecule has 28 heavy (non-hydrogen) atoms. The van der Waals surface area contributed by atoms with E-state index in [-0.39, 0.29) is 5.78 Å². The number of Topliss-reactive ketones (excluding diaryl/α,β-unsaturated/α-hetero) is 1. The van der Waals surface area contributed by atoms with Crippen molar-refractivity contribution in [3.05, 3.63) is 54.1 Å². The fraction of sp³-hybridized carbons (Fsp3) is 0.238. The summed E-state index contributed by atoms with van der Waals surface area (Å²) in [5, 5.41) is 3.18. The molecule has 2 heterocycles. The average Bonchev–Trinajstić information content (AvgIpc) is 3.25. The van der Waals surface area contributed by atoms with E-state index in [0.717, 1.165) is 16.7 Å². The van der Waals surface area contributed by atoms with Gasteiger partial charge in [-0.1, -0.05) is 12.1 Å². The van der Waals surface area contributed by atoms with E-state index in [1.807, 2.05) is 48.2 Å². The number of para-hydroxylation sites is 2. The van der Waals surface area contributed by atoms with Crippen molar-refractivity contribution < 1.29 is 14.3 Å². The van der Waals surface area contributed by atoms with E-state index in [2.05, 4.69) is 15.3 Å². The molecular formula is C21H22N4O3. The molecule has 1 aliphatic rings. The van der Waals surface area contributed by atoms with Crippen molar-refractivity contribution in [1.29, 1.82) is 0 Å². The molecule has 0 saturated carbocycles. The molecule has 0 fully saturated rings. The van der Waals surface area contributed by atoms with Crippen LogP contribution in [0.5, 0.6) is 11.5 Å². The average molecular weight is 378 g/mol. The Morgan fingerprint density at radius 3 is 2.39 bits per heavy atom. The fourth-order valence-corrected chi connectivity index (χ4v) is 3.59. The van der Waals surface area contributed by atoms with Crippen molar-refractivity contribution in [2.45, 2.75) is 13.0 Å². The summed E-state index contributed by atoms with van der Waals surface area (Å²) in [5.74, 6) is 2.54. The van der Waals surface area contributed by atoms with Crippen LogP contribution in [0.25, 0.3) is 16.6 Å². The van der Waals surface area contributed by atoms with Gasteiger partial charge in [-0.15, -0.1) is 0 Å². The quantitative estimate of drug-likeness (QED) is 0.711. The Kier molecular flexibility index (Phi) is 4.43.